The van der Waals surface area contributed by atoms with Crippen LogP contribution in [0.1, 0.15) is 16.1 Å². The third-order valence-corrected chi connectivity index (χ3v) is 4.70. The number of benzene rings is 2. The Morgan fingerprint density at radius 1 is 1.15 bits per heavy atom. The summed E-state index contributed by atoms with van der Waals surface area (Å²) in [7, 11) is 1.64. The van der Waals surface area contributed by atoms with E-state index in [4.69, 9.17) is 4.74 Å². The van der Waals surface area contributed by atoms with E-state index >= 15 is 0 Å². The number of carbonyl (C=O) groups excluding carboxylic acids is 1. The number of aromatic amines is 1. The Morgan fingerprint density at radius 2 is 2.00 bits per heavy atom. The van der Waals surface area contributed by atoms with Gasteiger partial charge in [0.1, 0.15) is 17.3 Å². The van der Waals surface area contributed by atoms with Crippen LogP contribution in [-0.4, -0.2) is 32.4 Å². The van der Waals surface area contributed by atoms with Crippen molar-refractivity contribution in [2.45, 2.75) is 6.42 Å². The predicted octanol–water partition coefficient (Wildman–Crippen LogP) is 4.03. The number of nitrogens with one attached hydrogen (secondary N) is 1. The van der Waals surface area contributed by atoms with Gasteiger partial charge in [-0.2, -0.15) is 0 Å². The Hall–Kier alpha value is -3.32. The number of Topliss-reactive ketones (excluding diaryl/α,β-unsaturated/α-hetero) is 1. The van der Waals surface area contributed by atoms with Crippen molar-refractivity contribution in [2.24, 2.45) is 0 Å². The molecule has 2 aromatic carbocycles. The van der Waals surface area contributed by atoms with Gasteiger partial charge in [-0.05, 0) is 34.8 Å². The van der Waals surface area contributed by atoms with E-state index in [1.807, 2.05) is 48.5 Å². The van der Waals surface area contributed by atoms with E-state index in [0.29, 0.717) is 12.1 Å². The predicted molar refractivity (Wildman–Crippen MR) is 104 cm³/mol. The van der Waals surface area contributed by atoms with Crippen LogP contribution in [0, 0.1) is 0 Å². The van der Waals surface area contributed by atoms with Crippen LogP contribution in [0.25, 0.3) is 22.6 Å². The lowest BCUT2D eigenvalue weighted by Gasteiger charge is -2.03. The Morgan fingerprint density at radius 3 is 2.74 bits per heavy atom. The van der Waals surface area contributed by atoms with E-state index in [0.717, 1.165) is 34.0 Å². The summed E-state index contributed by atoms with van der Waals surface area (Å²) >= 11 is 1.18. The highest BCUT2D eigenvalue weighted by Gasteiger charge is 2.11. The molecule has 0 unspecified atom stereocenters. The van der Waals surface area contributed by atoms with Gasteiger partial charge < -0.3 is 9.72 Å². The maximum absolute atomic E-state index is 12.1. The number of methoxy groups -OCH3 is 1. The number of ether oxygens (including phenoxy) is 1. The van der Waals surface area contributed by atoms with Crippen LogP contribution in [0.15, 0.2) is 60.1 Å². The van der Waals surface area contributed by atoms with Crippen molar-refractivity contribution in [3.63, 3.8) is 0 Å². The molecule has 7 heteroatoms. The number of aromatic nitrogens is 4. The monoisotopic (exact) mass is 376 g/mol. The molecule has 0 aliphatic heterocycles. The summed E-state index contributed by atoms with van der Waals surface area (Å²) in [6.45, 7) is 0. The first-order valence-corrected chi connectivity index (χ1v) is 9.15. The number of imidazole rings is 1. The Kier molecular flexibility index (Phi) is 4.76. The van der Waals surface area contributed by atoms with Crippen molar-refractivity contribution in [3.05, 3.63) is 71.4 Å². The molecule has 0 aliphatic rings. The topological polar surface area (TPSA) is 80.8 Å². The quantitative estimate of drug-likeness (QED) is 0.514. The average Bonchev–Trinajstić information content (AvgIpc) is 3.41. The molecule has 0 saturated carbocycles. The zero-order chi connectivity index (χ0) is 18.6. The van der Waals surface area contributed by atoms with Gasteiger partial charge in [0.25, 0.3) is 0 Å². The van der Waals surface area contributed by atoms with E-state index < -0.39 is 0 Å². The van der Waals surface area contributed by atoms with Crippen LogP contribution in [0.3, 0.4) is 0 Å². The Labute approximate surface area is 160 Å². The molecule has 0 radical (unpaired) electrons. The molecular formula is C20H16N4O2S. The molecule has 0 fully saturated rings. The van der Waals surface area contributed by atoms with Crippen LogP contribution in [0.2, 0.25) is 0 Å². The third-order valence-electron chi connectivity index (χ3n) is 4.19. The molecule has 0 bridgehead atoms. The summed E-state index contributed by atoms with van der Waals surface area (Å²) in [6, 6.07) is 15.6. The largest absolute Gasteiger partial charge is 0.497 e. The Balaban J connectivity index is 1.51. The first kappa shape index (κ1) is 17.1. The molecule has 0 amide bonds. The van der Waals surface area contributed by atoms with Gasteiger partial charge >= 0.3 is 0 Å². The summed E-state index contributed by atoms with van der Waals surface area (Å²) in [5.41, 5.74) is 4.22. The summed E-state index contributed by atoms with van der Waals surface area (Å²) < 4.78 is 8.99. The standard InChI is InChI=1S/C20H16N4O2S/c1-26-16-4-2-3-15(10-16)20-21-11-17(22-20)14-7-5-13(6-8-14)9-19(25)18-12-27-24-23-18/h2-8,10-12H,9H2,1H3,(H,21,22). The minimum atomic E-state index is -0.0293. The lowest BCUT2D eigenvalue weighted by Crippen LogP contribution is -2.03. The molecular weight excluding hydrogens is 360 g/mol. The number of hydrogen-bond acceptors (Lipinski definition) is 6. The van der Waals surface area contributed by atoms with Crippen LogP contribution < -0.4 is 4.74 Å². The van der Waals surface area contributed by atoms with Crippen molar-refractivity contribution in [3.8, 4) is 28.4 Å². The van der Waals surface area contributed by atoms with Gasteiger partial charge in [-0.15, -0.1) is 5.10 Å². The van der Waals surface area contributed by atoms with Crippen molar-refractivity contribution in [2.75, 3.05) is 7.11 Å². The van der Waals surface area contributed by atoms with Gasteiger partial charge in [-0.3, -0.25) is 4.79 Å². The summed E-state index contributed by atoms with van der Waals surface area (Å²) in [6.07, 6.45) is 2.11. The average molecular weight is 376 g/mol. The number of rotatable bonds is 6. The second kappa shape index (κ2) is 7.51. The second-order valence-corrected chi connectivity index (χ2v) is 6.57. The smallest absolute Gasteiger partial charge is 0.188 e. The van der Waals surface area contributed by atoms with E-state index in [1.165, 1.54) is 11.5 Å². The lowest BCUT2D eigenvalue weighted by molar-refractivity contribution is 0.0988. The van der Waals surface area contributed by atoms with Crippen LogP contribution >= 0.6 is 11.5 Å². The first-order chi connectivity index (χ1) is 13.2. The lowest BCUT2D eigenvalue weighted by atomic mass is 10.0. The van der Waals surface area contributed by atoms with Crippen molar-refractivity contribution >= 4 is 17.3 Å². The SMILES string of the molecule is COc1cccc(-c2ncc(-c3ccc(CC(=O)c4csnn4)cc3)[nH]2)c1. The number of nitrogens with zero attached hydrogens (tertiary/aromatic N) is 3. The van der Waals surface area contributed by atoms with Crippen molar-refractivity contribution < 1.29 is 9.53 Å². The summed E-state index contributed by atoms with van der Waals surface area (Å²) in [5, 5.41) is 5.49. The number of ketones is 1. The minimum absolute atomic E-state index is 0.0293. The third kappa shape index (κ3) is 3.78. The molecule has 2 aromatic heterocycles. The fourth-order valence-corrected chi connectivity index (χ4v) is 3.21. The molecule has 0 saturated heterocycles. The van der Waals surface area contributed by atoms with E-state index in [2.05, 4.69) is 19.6 Å². The van der Waals surface area contributed by atoms with Gasteiger partial charge in [0.2, 0.25) is 0 Å². The molecule has 134 valence electrons. The highest BCUT2D eigenvalue weighted by Crippen LogP contribution is 2.25. The van der Waals surface area contributed by atoms with Crippen molar-refractivity contribution in [1.29, 1.82) is 0 Å². The van der Waals surface area contributed by atoms with Gasteiger partial charge in [-0.1, -0.05) is 40.9 Å². The minimum Gasteiger partial charge on any atom is -0.497 e. The second-order valence-electron chi connectivity index (χ2n) is 5.96. The van der Waals surface area contributed by atoms with E-state index in [-0.39, 0.29) is 5.78 Å². The van der Waals surface area contributed by atoms with Crippen LogP contribution in [0.4, 0.5) is 0 Å². The molecule has 0 aliphatic carbocycles. The summed E-state index contributed by atoms with van der Waals surface area (Å²) in [5.74, 6) is 1.53. The number of hydrogen-bond donors (Lipinski definition) is 1. The molecule has 1 N–H and O–H groups in total. The fraction of sp³-hybridized carbons (Fsp3) is 0.100. The van der Waals surface area contributed by atoms with Gasteiger partial charge in [0.15, 0.2) is 5.78 Å². The van der Waals surface area contributed by atoms with Gasteiger partial charge in [0, 0.05) is 17.4 Å². The molecule has 6 nitrogen and oxygen atoms in total. The normalized spacial score (nSPS) is 10.7. The maximum Gasteiger partial charge on any atom is 0.188 e. The molecule has 4 rings (SSSR count). The highest BCUT2D eigenvalue weighted by molar-refractivity contribution is 7.03. The molecule has 0 spiro atoms. The molecule has 27 heavy (non-hydrogen) atoms. The summed E-state index contributed by atoms with van der Waals surface area (Å²) in [4.78, 5) is 19.9. The number of H-pyrrole nitrogens is 1. The highest BCUT2D eigenvalue weighted by atomic mass is 32.1. The van der Waals surface area contributed by atoms with Gasteiger partial charge in [0.05, 0.1) is 19.0 Å². The van der Waals surface area contributed by atoms with Crippen molar-refractivity contribution in [1.82, 2.24) is 19.6 Å². The van der Waals surface area contributed by atoms with Crippen LogP contribution in [-0.2, 0) is 6.42 Å². The maximum atomic E-state index is 12.1. The van der Waals surface area contributed by atoms with E-state index in [9.17, 15) is 4.79 Å². The van der Waals surface area contributed by atoms with E-state index in [1.54, 1.807) is 18.7 Å². The zero-order valence-electron chi connectivity index (χ0n) is 14.5. The van der Waals surface area contributed by atoms with Crippen LogP contribution in [0.5, 0.6) is 5.75 Å². The Bertz CT molecular complexity index is 1060. The zero-order valence-corrected chi connectivity index (χ0v) is 15.4. The number of carbonyl (C=O) groups is 1. The molecule has 4 aromatic rings. The fourth-order valence-electron chi connectivity index (χ4n) is 2.75. The molecule has 2 heterocycles. The van der Waals surface area contributed by atoms with Gasteiger partial charge in [-0.25, -0.2) is 4.98 Å². The molecule has 0 atom stereocenters. The first-order valence-electron chi connectivity index (χ1n) is 8.32.